The summed E-state index contributed by atoms with van der Waals surface area (Å²) in [7, 11) is 3.23. The van der Waals surface area contributed by atoms with Crippen molar-refractivity contribution in [2.45, 2.75) is 44.7 Å². The van der Waals surface area contributed by atoms with Crippen LogP contribution in [0.25, 0.3) is 26.9 Å². The van der Waals surface area contributed by atoms with Crippen LogP contribution < -0.4 is 10.5 Å². The van der Waals surface area contributed by atoms with Crippen molar-refractivity contribution < 1.29 is 4.74 Å². The maximum atomic E-state index is 6.89. The summed E-state index contributed by atoms with van der Waals surface area (Å²) in [5, 5.41) is 1.89. The van der Waals surface area contributed by atoms with Gasteiger partial charge in [0, 0.05) is 51.9 Å². The summed E-state index contributed by atoms with van der Waals surface area (Å²) in [4.78, 5) is 11.9. The molecule has 36 heavy (non-hydrogen) atoms. The zero-order chi connectivity index (χ0) is 25.5. The van der Waals surface area contributed by atoms with Crippen molar-refractivity contribution in [2.75, 3.05) is 14.2 Å². The molecule has 188 valence electrons. The maximum absolute atomic E-state index is 6.89. The summed E-state index contributed by atoms with van der Waals surface area (Å²) in [6.45, 7) is 5.29. The lowest BCUT2D eigenvalue weighted by molar-refractivity contribution is 0.223. The van der Waals surface area contributed by atoms with Crippen LogP contribution in [0.2, 0.25) is 5.02 Å². The highest BCUT2D eigenvalue weighted by Crippen LogP contribution is 2.42. The molecule has 1 fully saturated rings. The number of thiophene rings is 1. The summed E-state index contributed by atoms with van der Waals surface area (Å²) in [6.07, 6.45) is 11.3. The van der Waals surface area contributed by atoms with Gasteiger partial charge in [0.25, 0.3) is 0 Å². The van der Waals surface area contributed by atoms with E-state index >= 15 is 0 Å². The topological polar surface area (TPSA) is 64.3 Å². The Morgan fingerprint density at radius 2 is 1.81 bits per heavy atom. The van der Waals surface area contributed by atoms with Gasteiger partial charge in [0.15, 0.2) is 0 Å². The lowest BCUT2D eigenvalue weighted by atomic mass is 9.93. The Kier molecular flexibility index (Phi) is 8.97. The molecule has 0 unspecified atom stereocenters. The Morgan fingerprint density at radius 1 is 1.08 bits per heavy atom. The standard InChI is InChI=1S/C28H28ClN3OS.CH5N/c1-19(28-27(29)24-10-6-7-11-26(24)34-28)32(23-8-4-3-5-9-23)17-21-14-20(12-13-25(21)33-2)22-15-30-18-31-16-22;1-2/h6-7,10-16,18,23H,1,3-5,8-9,17H2,2H3;2H2,1H3. The van der Waals surface area contributed by atoms with Crippen molar-refractivity contribution in [3.05, 3.63) is 83.2 Å². The highest BCUT2D eigenvalue weighted by molar-refractivity contribution is 7.20. The average Bonchev–Trinajstić information content (AvgIpc) is 3.29. The molecular weight excluding hydrogens is 488 g/mol. The molecule has 0 bridgehead atoms. The molecule has 0 amide bonds. The molecule has 1 aliphatic carbocycles. The van der Waals surface area contributed by atoms with E-state index < -0.39 is 0 Å². The highest BCUT2D eigenvalue weighted by atomic mass is 35.5. The van der Waals surface area contributed by atoms with E-state index in [9.17, 15) is 0 Å². The monoisotopic (exact) mass is 520 g/mol. The minimum atomic E-state index is 0.427. The molecule has 0 radical (unpaired) electrons. The molecule has 0 aliphatic heterocycles. The lowest BCUT2D eigenvalue weighted by Crippen LogP contribution is -2.34. The largest absolute Gasteiger partial charge is 0.496 e. The molecule has 0 spiro atoms. The van der Waals surface area contributed by atoms with Gasteiger partial charge in [-0.2, -0.15) is 0 Å². The number of aromatic nitrogens is 2. The molecule has 2 aromatic carbocycles. The quantitative estimate of drug-likeness (QED) is 0.275. The summed E-state index contributed by atoms with van der Waals surface area (Å²) in [5.41, 5.74) is 8.67. The average molecular weight is 521 g/mol. The first-order valence-electron chi connectivity index (χ1n) is 12.3. The third-order valence-electron chi connectivity index (χ3n) is 6.67. The van der Waals surface area contributed by atoms with E-state index in [4.69, 9.17) is 16.3 Å². The van der Waals surface area contributed by atoms with Crippen LogP contribution in [0.5, 0.6) is 5.75 Å². The molecular formula is C29H33ClN4OS. The van der Waals surface area contributed by atoms with Crippen LogP contribution in [0.3, 0.4) is 0 Å². The van der Waals surface area contributed by atoms with Crippen molar-refractivity contribution in [3.8, 4) is 16.9 Å². The Labute approximate surface area is 222 Å². The number of nitrogens with two attached hydrogens (primary N) is 1. The van der Waals surface area contributed by atoms with Crippen LogP contribution >= 0.6 is 22.9 Å². The molecule has 1 saturated carbocycles. The van der Waals surface area contributed by atoms with Crippen molar-refractivity contribution in [2.24, 2.45) is 5.73 Å². The summed E-state index contributed by atoms with van der Waals surface area (Å²) < 4.78 is 6.96. The minimum absolute atomic E-state index is 0.427. The Hall–Kier alpha value is -2.93. The van der Waals surface area contributed by atoms with Gasteiger partial charge in [0.2, 0.25) is 0 Å². The number of ether oxygens (including phenoxy) is 1. The zero-order valence-electron chi connectivity index (χ0n) is 20.9. The number of rotatable bonds is 7. The molecule has 5 nitrogen and oxygen atoms in total. The van der Waals surface area contributed by atoms with E-state index in [0.29, 0.717) is 12.6 Å². The maximum Gasteiger partial charge on any atom is 0.123 e. The van der Waals surface area contributed by atoms with Crippen LogP contribution in [0.1, 0.15) is 42.5 Å². The number of methoxy groups -OCH3 is 1. The van der Waals surface area contributed by atoms with Gasteiger partial charge in [0.05, 0.1) is 17.0 Å². The molecule has 2 aromatic heterocycles. The first kappa shape index (κ1) is 26.1. The summed E-state index contributed by atoms with van der Waals surface area (Å²) in [5.74, 6) is 0.872. The van der Waals surface area contributed by atoms with Gasteiger partial charge >= 0.3 is 0 Å². The number of nitrogens with zero attached hydrogens (tertiary/aromatic N) is 3. The van der Waals surface area contributed by atoms with E-state index in [2.05, 4.69) is 57.5 Å². The molecule has 0 saturated heterocycles. The summed E-state index contributed by atoms with van der Waals surface area (Å²) >= 11 is 8.61. The van der Waals surface area contributed by atoms with E-state index in [1.807, 2.05) is 24.5 Å². The van der Waals surface area contributed by atoms with E-state index in [0.717, 1.165) is 56.3 Å². The third-order valence-corrected chi connectivity index (χ3v) is 8.40. The molecule has 2 heterocycles. The van der Waals surface area contributed by atoms with Gasteiger partial charge in [-0.1, -0.05) is 61.7 Å². The fourth-order valence-corrected chi connectivity index (χ4v) is 6.41. The molecule has 2 N–H and O–H groups in total. The van der Waals surface area contributed by atoms with Crippen molar-refractivity contribution in [1.82, 2.24) is 14.9 Å². The second-order valence-electron chi connectivity index (χ2n) is 8.76. The number of benzene rings is 2. The van der Waals surface area contributed by atoms with Crippen LogP contribution in [-0.4, -0.2) is 35.1 Å². The predicted molar refractivity (Wildman–Crippen MR) is 152 cm³/mol. The second kappa shape index (κ2) is 12.3. The van der Waals surface area contributed by atoms with Crippen molar-refractivity contribution in [1.29, 1.82) is 0 Å². The smallest absolute Gasteiger partial charge is 0.123 e. The minimum Gasteiger partial charge on any atom is -0.496 e. The zero-order valence-corrected chi connectivity index (χ0v) is 22.5. The van der Waals surface area contributed by atoms with Gasteiger partial charge in [0.1, 0.15) is 12.1 Å². The normalized spacial score (nSPS) is 13.7. The van der Waals surface area contributed by atoms with Gasteiger partial charge in [-0.05, 0) is 43.7 Å². The summed E-state index contributed by atoms with van der Waals surface area (Å²) in [6, 6.07) is 15.0. The molecule has 5 rings (SSSR count). The third kappa shape index (κ3) is 5.56. The van der Waals surface area contributed by atoms with Crippen molar-refractivity contribution in [3.63, 3.8) is 0 Å². The van der Waals surface area contributed by atoms with Crippen LogP contribution in [0.4, 0.5) is 0 Å². The Bertz CT molecular complexity index is 1300. The van der Waals surface area contributed by atoms with E-state index in [1.54, 1.807) is 24.8 Å². The van der Waals surface area contributed by atoms with Crippen molar-refractivity contribution >= 4 is 38.7 Å². The fourth-order valence-electron chi connectivity index (χ4n) is 4.88. The van der Waals surface area contributed by atoms with E-state index in [-0.39, 0.29) is 0 Å². The Balaban J connectivity index is 0.00000148. The van der Waals surface area contributed by atoms with E-state index in [1.165, 1.54) is 31.0 Å². The van der Waals surface area contributed by atoms with Gasteiger partial charge in [-0.25, -0.2) is 9.97 Å². The first-order valence-corrected chi connectivity index (χ1v) is 13.5. The molecule has 0 atom stereocenters. The number of hydrogen-bond donors (Lipinski definition) is 1. The number of halogens is 1. The van der Waals surface area contributed by atoms with Gasteiger partial charge in [-0.3, -0.25) is 0 Å². The van der Waals surface area contributed by atoms with Gasteiger partial charge in [-0.15, -0.1) is 11.3 Å². The highest BCUT2D eigenvalue weighted by Gasteiger charge is 2.26. The first-order chi connectivity index (χ1) is 17.7. The molecule has 1 aliphatic rings. The Morgan fingerprint density at radius 3 is 2.50 bits per heavy atom. The molecule has 7 heteroatoms. The fraction of sp³-hybridized carbons (Fsp3) is 0.310. The SMILES string of the molecule is C=C(c1sc2ccccc2c1Cl)N(Cc1cc(-c2cncnc2)ccc1OC)C1CCCCC1.CN. The second-order valence-corrected chi connectivity index (χ2v) is 10.2. The van der Waals surface area contributed by atoms with Crippen LogP contribution in [0, 0.1) is 0 Å². The molecule has 4 aromatic rings. The number of fused-ring (bicyclic) bond motifs is 1. The van der Waals surface area contributed by atoms with Crippen LogP contribution in [0.15, 0.2) is 67.8 Å². The predicted octanol–water partition coefficient (Wildman–Crippen LogP) is 7.40. The van der Waals surface area contributed by atoms with Gasteiger partial charge < -0.3 is 15.4 Å². The number of hydrogen-bond acceptors (Lipinski definition) is 6. The lowest BCUT2D eigenvalue weighted by Gasteiger charge is -2.37. The van der Waals surface area contributed by atoms with Crippen LogP contribution in [-0.2, 0) is 6.54 Å².